The molecule has 2 heterocycles. The van der Waals surface area contributed by atoms with Crippen molar-refractivity contribution in [1.29, 1.82) is 0 Å². The molecule has 4 nitrogen and oxygen atoms in total. The first-order chi connectivity index (χ1) is 13.8. The van der Waals surface area contributed by atoms with Gasteiger partial charge in [-0.2, -0.15) is 13.2 Å². The molecule has 0 saturated carbocycles. The lowest BCUT2D eigenvalue weighted by Gasteiger charge is -2.18. The summed E-state index contributed by atoms with van der Waals surface area (Å²) in [5.41, 5.74) is 3.53. The molecule has 0 spiro atoms. The van der Waals surface area contributed by atoms with Gasteiger partial charge in [-0.3, -0.25) is 9.56 Å². The molecule has 3 aromatic rings. The predicted molar refractivity (Wildman–Crippen MR) is 106 cm³/mol. The van der Waals surface area contributed by atoms with Gasteiger partial charge in [-0.05, 0) is 39.2 Å². The number of aryl methyl sites for hydroxylation is 1. The fourth-order valence-electron chi connectivity index (χ4n) is 3.66. The lowest BCUT2D eigenvalue weighted by atomic mass is 9.98. The van der Waals surface area contributed by atoms with E-state index in [1.165, 1.54) is 12.1 Å². The Labute approximate surface area is 167 Å². The maximum Gasteiger partial charge on any atom is 0.416 e. The third-order valence-electron chi connectivity index (χ3n) is 4.95. The third kappa shape index (κ3) is 3.58. The molecule has 0 radical (unpaired) electrons. The Hall–Kier alpha value is -2.93. The second-order valence-corrected chi connectivity index (χ2v) is 7.39. The van der Waals surface area contributed by atoms with Crippen LogP contribution in [0.2, 0.25) is 0 Å². The molecule has 0 fully saturated rings. The Morgan fingerprint density at radius 3 is 2.45 bits per heavy atom. The van der Waals surface area contributed by atoms with Crippen LogP contribution in [-0.2, 0) is 19.3 Å². The molecule has 0 atom stereocenters. The summed E-state index contributed by atoms with van der Waals surface area (Å²) in [4.78, 5) is 11.4. The molecule has 0 amide bonds. The lowest BCUT2D eigenvalue weighted by molar-refractivity contribution is -0.137. The summed E-state index contributed by atoms with van der Waals surface area (Å²) in [5, 5.41) is 0. The molecule has 29 heavy (non-hydrogen) atoms. The molecule has 7 heteroatoms. The highest BCUT2D eigenvalue weighted by molar-refractivity contribution is 6.15. The molecule has 2 aromatic carbocycles. The second-order valence-electron chi connectivity index (χ2n) is 7.39. The molecule has 0 N–H and O–H groups in total. The highest BCUT2D eigenvalue weighted by atomic mass is 19.4. The topological polar surface area (TPSA) is 33.4 Å². The van der Waals surface area contributed by atoms with Crippen LogP contribution >= 0.6 is 0 Å². The van der Waals surface area contributed by atoms with Crippen LogP contribution in [0.4, 0.5) is 13.2 Å². The average Bonchev–Trinajstić information content (AvgIpc) is 2.86. The van der Waals surface area contributed by atoms with Gasteiger partial charge in [0.05, 0.1) is 41.4 Å². The van der Waals surface area contributed by atoms with Gasteiger partial charge >= 0.3 is 6.18 Å². The van der Waals surface area contributed by atoms with Gasteiger partial charge in [0.1, 0.15) is 5.82 Å². The van der Waals surface area contributed by atoms with Gasteiger partial charge in [0, 0.05) is 11.1 Å². The number of aliphatic imine (C=N–C) groups is 1. The van der Waals surface area contributed by atoms with Gasteiger partial charge in [0.15, 0.2) is 0 Å². The molecule has 0 saturated heterocycles. The minimum atomic E-state index is -4.43. The van der Waals surface area contributed by atoms with Crippen LogP contribution < -0.4 is 0 Å². The van der Waals surface area contributed by atoms with Gasteiger partial charge < -0.3 is 4.90 Å². The van der Waals surface area contributed by atoms with Crippen molar-refractivity contribution in [1.82, 2.24) is 14.5 Å². The molecule has 0 aliphatic carbocycles. The van der Waals surface area contributed by atoms with E-state index in [0.29, 0.717) is 30.1 Å². The van der Waals surface area contributed by atoms with Gasteiger partial charge in [-0.25, -0.2) is 4.98 Å². The van der Waals surface area contributed by atoms with E-state index in [-0.39, 0.29) is 0 Å². The number of halogens is 3. The number of aromatic nitrogens is 2. The van der Waals surface area contributed by atoms with Crippen molar-refractivity contribution >= 4 is 5.71 Å². The minimum absolute atomic E-state index is 0.354. The number of rotatable bonds is 3. The maximum atomic E-state index is 13.5. The van der Waals surface area contributed by atoms with Crippen LogP contribution in [0.25, 0.3) is 5.69 Å². The number of hydrogen-bond donors (Lipinski definition) is 0. The van der Waals surface area contributed by atoms with E-state index in [4.69, 9.17) is 4.99 Å². The SMILES string of the molecule is Cc1nc(CN(C)C)n2c1CN=C(c1ccccc1)c1cc(C(F)(F)F)ccc1-2. The van der Waals surface area contributed by atoms with E-state index in [0.717, 1.165) is 28.8 Å². The second kappa shape index (κ2) is 7.15. The van der Waals surface area contributed by atoms with E-state index < -0.39 is 11.7 Å². The van der Waals surface area contributed by atoms with Crippen molar-refractivity contribution in [3.05, 3.63) is 82.4 Å². The van der Waals surface area contributed by atoms with Crippen LogP contribution in [0.5, 0.6) is 0 Å². The smallest absolute Gasteiger partial charge is 0.302 e. The first-order valence-electron chi connectivity index (χ1n) is 9.29. The molecule has 0 unspecified atom stereocenters. The molecule has 1 aliphatic rings. The van der Waals surface area contributed by atoms with Gasteiger partial charge in [-0.15, -0.1) is 0 Å². The molecule has 150 valence electrons. The minimum Gasteiger partial charge on any atom is -0.302 e. The summed E-state index contributed by atoms with van der Waals surface area (Å²) in [6.45, 7) is 2.84. The van der Waals surface area contributed by atoms with Crippen LogP contribution in [-0.4, -0.2) is 34.3 Å². The molecule has 4 rings (SSSR count). The number of fused-ring (bicyclic) bond motifs is 3. The summed E-state index contributed by atoms with van der Waals surface area (Å²) in [5.74, 6) is 0.785. The highest BCUT2D eigenvalue weighted by Gasteiger charge is 2.33. The molecule has 1 aliphatic heterocycles. The van der Waals surface area contributed by atoms with Crippen molar-refractivity contribution in [3.8, 4) is 5.69 Å². The average molecular weight is 398 g/mol. The summed E-state index contributed by atoms with van der Waals surface area (Å²) >= 11 is 0. The molecular formula is C22H21F3N4. The van der Waals surface area contributed by atoms with Crippen molar-refractivity contribution < 1.29 is 13.2 Å². The van der Waals surface area contributed by atoms with Crippen molar-refractivity contribution in [2.24, 2.45) is 4.99 Å². The lowest BCUT2D eigenvalue weighted by Crippen LogP contribution is -2.17. The van der Waals surface area contributed by atoms with Crippen LogP contribution in [0, 0.1) is 6.92 Å². The molecular weight excluding hydrogens is 377 g/mol. The molecule has 1 aromatic heterocycles. The zero-order valence-electron chi connectivity index (χ0n) is 16.5. The Bertz CT molecular complexity index is 1080. The standard InChI is InChI=1S/C22H21F3N4/c1-14-19-12-26-21(15-7-5-4-6-8-15)17-11-16(22(23,24)25)9-10-18(17)29(19)20(27-14)13-28(2)3/h4-11H,12-13H2,1-3H3. The normalized spacial score (nSPS) is 13.7. The Kier molecular flexibility index (Phi) is 4.78. The summed E-state index contributed by atoms with van der Waals surface area (Å²) in [6, 6.07) is 13.2. The molecule has 0 bridgehead atoms. The maximum absolute atomic E-state index is 13.5. The van der Waals surface area contributed by atoms with Crippen molar-refractivity contribution in [3.63, 3.8) is 0 Å². The Morgan fingerprint density at radius 1 is 1.07 bits per heavy atom. The summed E-state index contributed by atoms with van der Waals surface area (Å²) in [6.07, 6.45) is -4.43. The van der Waals surface area contributed by atoms with Crippen molar-refractivity contribution in [2.75, 3.05) is 14.1 Å². The Morgan fingerprint density at radius 2 is 1.79 bits per heavy atom. The van der Waals surface area contributed by atoms with E-state index in [2.05, 4.69) is 4.98 Å². The monoisotopic (exact) mass is 398 g/mol. The zero-order valence-corrected chi connectivity index (χ0v) is 16.5. The van der Waals surface area contributed by atoms with Crippen LogP contribution in [0.1, 0.15) is 33.9 Å². The fourth-order valence-corrected chi connectivity index (χ4v) is 3.66. The largest absolute Gasteiger partial charge is 0.416 e. The number of alkyl halides is 3. The van der Waals surface area contributed by atoms with Gasteiger partial charge in [0.2, 0.25) is 0 Å². The third-order valence-corrected chi connectivity index (χ3v) is 4.95. The van der Waals surface area contributed by atoms with Crippen LogP contribution in [0.3, 0.4) is 0 Å². The van der Waals surface area contributed by atoms with E-state index in [9.17, 15) is 13.2 Å². The zero-order chi connectivity index (χ0) is 20.8. The van der Waals surface area contributed by atoms with Crippen molar-refractivity contribution in [2.45, 2.75) is 26.2 Å². The highest BCUT2D eigenvalue weighted by Crippen LogP contribution is 2.35. The van der Waals surface area contributed by atoms with Crippen LogP contribution in [0.15, 0.2) is 53.5 Å². The number of hydrogen-bond acceptors (Lipinski definition) is 3. The fraction of sp³-hybridized carbons (Fsp3) is 0.273. The first kappa shape index (κ1) is 19.4. The van der Waals surface area contributed by atoms with E-state index in [1.807, 2.05) is 60.8 Å². The van der Waals surface area contributed by atoms with E-state index in [1.54, 1.807) is 0 Å². The number of nitrogens with zero attached hydrogens (tertiary/aromatic N) is 4. The predicted octanol–water partition coefficient (Wildman–Crippen LogP) is 4.61. The number of benzene rings is 2. The van der Waals surface area contributed by atoms with Gasteiger partial charge in [-0.1, -0.05) is 30.3 Å². The summed E-state index contributed by atoms with van der Waals surface area (Å²) < 4.78 is 42.4. The quantitative estimate of drug-likeness (QED) is 0.646. The number of imidazole rings is 1. The van der Waals surface area contributed by atoms with E-state index >= 15 is 0 Å². The van der Waals surface area contributed by atoms with Gasteiger partial charge in [0.25, 0.3) is 0 Å². The Balaban J connectivity index is 2.00. The first-order valence-corrected chi connectivity index (χ1v) is 9.29. The summed E-state index contributed by atoms with van der Waals surface area (Å²) in [7, 11) is 3.88.